The lowest BCUT2D eigenvalue weighted by atomic mass is 9.61. The summed E-state index contributed by atoms with van der Waals surface area (Å²) in [4.78, 5) is 45.0. The molecule has 0 saturated carbocycles. The van der Waals surface area contributed by atoms with Crippen LogP contribution in [0.3, 0.4) is 0 Å². The second-order valence-electron chi connectivity index (χ2n) is 11.2. The number of carbonyl (C=O) groups excluding carboxylic acids is 3. The zero-order chi connectivity index (χ0) is 29.0. The van der Waals surface area contributed by atoms with Crippen molar-refractivity contribution in [1.29, 1.82) is 0 Å². The van der Waals surface area contributed by atoms with Crippen molar-refractivity contribution in [3.63, 3.8) is 0 Å². The van der Waals surface area contributed by atoms with Crippen LogP contribution in [0.25, 0.3) is 5.69 Å². The highest BCUT2D eigenvalue weighted by molar-refractivity contribution is 6.28. The second kappa shape index (κ2) is 9.98. The van der Waals surface area contributed by atoms with Crippen molar-refractivity contribution < 1.29 is 19.1 Å². The molecule has 0 bridgehead atoms. The molecule has 0 radical (unpaired) electrons. The number of anilines is 2. The fourth-order valence-corrected chi connectivity index (χ4v) is 7.17. The SMILES string of the molecule is CCOC(=O)c1ccc(N2C(=O)c3ccccc3C3(Cc4c(C)nn(-c5ccccc5)c4N4CCCCC43)C2=O)cc1. The first-order valence-electron chi connectivity index (χ1n) is 14.6. The van der Waals surface area contributed by atoms with Crippen LogP contribution in [-0.2, 0) is 21.4 Å². The van der Waals surface area contributed by atoms with Crippen molar-refractivity contribution in [1.82, 2.24) is 9.78 Å². The van der Waals surface area contributed by atoms with Crippen molar-refractivity contribution in [2.75, 3.05) is 23.0 Å². The molecule has 4 heterocycles. The van der Waals surface area contributed by atoms with Crippen LogP contribution in [-0.4, -0.2) is 46.8 Å². The summed E-state index contributed by atoms with van der Waals surface area (Å²) >= 11 is 0. The van der Waals surface area contributed by atoms with Gasteiger partial charge in [-0.1, -0.05) is 36.4 Å². The lowest BCUT2D eigenvalue weighted by Gasteiger charge is -2.54. The van der Waals surface area contributed by atoms with Gasteiger partial charge in [0.2, 0.25) is 5.91 Å². The Kier molecular flexibility index (Phi) is 6.22. The Balaban J connectivity index is 1.41. The molecule has 3 aliphatic rings. The summed E-state index contributed by atoms with van der Waals surface area (Å²) < 4.78 is 7.15. The summed E-state index contributed by atoms with van der Waals surface area (Å²) in [5.74, 6) is 0.0201. The summed E-state index contributed by atoms with van der Waals surface area (Å²) in [6.45, 7) is 4.83. The van der Waals surface area contributed by atoms with E-state index in [-0.39, 0.29) is 24.5 Å². The van der Waals surface area contributed by atoms with Crippen molar-refractivity contribution >= 4 is 29.3 Å². The van der Waals surface area contributed by atoms with E-state index in [1.807, 2.05) is 54.1 Å². The first-order valence-corrected chi connectivity index (χ1v) is 14.6. The molecule has 1 spiro atoms. The summed E-state index contributed by atoms with van der Waals surface area (Å²) in [5, 5.41) is 4.99. The number of esters is 1. The highest BCUT2D eigenvalue weighted by Gasteiger charge is 2.60. The first kappa shape index (κ1) is 26.2. The fourth-order valence-electron chi connectivity index (χ4n) is 7.17. The molecule has 7 rings (SSSR count). The van der Waals surface area contributed by atoms with E-state index in [1.165, 1.54) is 4.90 Å². The lowest BCUT2D eigenvalue weighted by molar-refractivity contribution is -0.125. The first-order chi connectivity index (χ1) is 20.5. The molecule has 1 saturated heterocycles. The van der Waals surface area contributed by atoms with Crippen LogP contribution in [0, 0.1) is 6.92 Å². The van der Waals surface area contributed by atoms with Crippen LogP contribution >= 0.6 is 0 Å². The second-order valence-corrected chi connectivity index (χ2v) is 11.2. The van der Waals surface area contributed by atoms with Crippen LogP contribution in [0.4, 0.5) is 11.5 Å². The van der Waals surface area contributed by atoms with Gasteiger partial charge in [-0.25, -0.2) is 14.4 Å². The van der Waals surface area contributed by atoms with E-state index in [0.29, 0.717) is 23.2 Å². The molecule has 8 nitrogen and oxygen atoms in total. The van der Waals surface area contributed by atoms with Gasteiger partial charge in [-0.05, 0) is 87.6 Å². The average Bonchev–Trinajstić information content (AvgIpc) is 3.37. The molecule has 2 atom stereocenters. The molecular formula is C34H32N4O4. The van der Waals surface area contributed by atoms with Crippen LogP contribution in [0.2, 0.25) is 0 Å². The van der Waals surface area contributed by atoms with Gasteiger partial charge in [-0.15, -0.1) is 0 Å². The highest BCUT2D eigenvalue weighted by Crippen LogP contribution is 2.52. The summed E-state index contributed by atoms with van der Waals surface area (Å²) in [5.41, 5.74) is 4.05. The molecule has 212 valence electrons. The van der Waals surface area contributed by atoms with Gasteiger partial charge >= 0.3 is 5.97 Å². The number of piperidine rings is 1. The Morgan fingerprint density at radius 3 is 2.45 bits per heavy atom. The minimum absolute atomic E-state index is 0.152. The maximum Gasteiger partial charge on any atom is 0.338 e. The van der Waals surface area contributed by atoms with Gasteiger partial charge < -0.3 is 9.64 Å². The third-order valence-electron chi connectivity index (χ3n) is 9.02. The van der Waals surface area contributed by atoms with Gasteiger partial charge in [0.25, 0.3) is 5.91 Å². The van der Waals surface area contributed by atoms with Crippen LogP contribution in [0.15, 0.2) is 78.9 Å². The van der Waals surface area contributed by atoms with E-state index in [9.17, 15) is 9.59 Å². The smallest absolute Gasteiger partial charge is 0.338 e. The van der Waals surface area contributed by atoms with Crippen molar-refractivity contribution in [2.24, 2.45) is 0 Å². The Morgan fingerprint density at radius 2 is 1.69 bits per heavy atom. The topological polar surface area (TPSA) is 84.7 Å². The fraction of sp³-hybridized carbons (Fsp3) is 0.294. The molecule has 1 fully saturated rings. The number of hydrogen-bond donors (Lipinski definition) is 0. The summed E-state index contributed by atoms with van der Waals surface area (Å²) in [6.07, 6.45) is 3.28. The van der Waals surface area contributed by atoms with Crippen molar-refractivity contribution in [3.05, 3.63) is 107 Å². The highest BCUT2D eigenvalue weighted by atomic mass is 16.5. The Hall–Kier alpha value is -4.72. The van der Waals surface area contributed by atoms with Gasteiger partial charge in [0.1, 0.15) is 11.2 Å². The number of fused-ring (bicyclic) bond motifs is 6. The minimum atomic E-state index is -0.979. The van der Waals surface area contributed by atoms with E-state index in [4.69, 9.17) is 9.84 Å². The monoisotopic (exact) mass is 560 g/mol. The number of benzene rings is 3. The number of hydrogen-bond acceptors (Lipinski definition) is 6. The van der Waals surface area contributed by atoms with E-state index in [0.717, 1.165) is 54.1 Å². The number of rotatable bonds is 4. The number of carbonyl (C=O) groups is 3. The number of aromatic nitrogens is 2. The normalized spacial score (nSPS) is 21.1. The van der Waals surface area contributed by atoms with Crippen molar-refractivity contribution in [3.8, 4) is 5.69 Å². The molecular weight excluding hydrogens is 528 g/mol. The van der Waals surface area contributed by atoms with Gasteiger partial charge in [0, 0.05) is 23.7 Å². The number of amides is 2. The molecule has 2 unspecified atom stereocenters. The Bertz CT molecular complexity index is 1710. The van der Waals surface area contributed by atoms with E-state index in [2.05, 4.69) is 17.0 Å². The number of nitrogens with zero attached hydrogens (tertiary/aromatic N) is 4. The standard InChI is InChI=1S/C34H32N4O4/c1-3-42-32(40)23-16-18-24(19-17-23)37-31(39)26-13-7-8-14-28(26)34(33(37)41)21-27-22(2)35-38(25-11-5-4-6-12-25)30(27)36-20-10-9-15-29(34)36/h4-8,11-14,16-19,29H,3,9-10,15,20-21H2,1-2H3. The molecule has 42 heavy (non-hydrogen) atoms. The molecule has 8 heteroatoms. The lowest BCUT2D eigenvalue weighted by Crippen LogP contribution is -2.67. The van der Waals surface area contributed by atoms with Crippen LogP contribution in [0.1, 0.15) is 63.7 Å². The molecule has 0 N–H and O–H groups in total. The number of aryl methyl sites for hydroxylation is 1. The Morgan fingerprint density at radius 1 is 0.952 bits per heavy atom. The van der Waals surface area contributed by atoms with Crippen LogP contribution < -0.4 is 9.80 Å². The predicted octanol–water partition coefficient (Wildman–Crippen LogP) is 5.40. The van der Waals surface area contributed by atoms with Gasteiger partial charge in [-0.3, -0.25) is 9.59 Å². The molecule has 1 aromatic heterocycles. The zero-order valence-electron chi connectivity index (χ0n) is 23.7. The molecule has 3 aliphatic heterocycles. The quantitative estimate of drug-likeness (QED) is 0.246. The number of para-hydroxylation sites is 1. The van der Waals surface area contributed by atoms with Crippen molar-refractivity contribution in [2.45, 2.75) is 51.0 Å². The third-order valence-corrected chi connectivity index (χ3v) is 9.02. The van der Waals surface area contributed by atoms with Gasteiger partial charge in [0.05, 0.1) is 29.2 Å². The van der Waals surface area contributed by atoms with E-state index < -0.39 is 11.4 Å². The van der Waals surface area contributed by atoms with E-state index in [1.54, 1.807) is 31.2 Å². The minimum Gasteiger partial charge on any atom is -0.462 e. The predicted molar refractivity (Wildman–Crippen MR) is 159 cm³/mol. The zero-order valence-corrected chi connectivity index (χ0v) is 23.7. The molecule has 4 aromatic rings. The molecule has 2 amide bonds. The largest absolute Gasteiger partial charge is 0.462 e. The number of imide groups is 1. The number of ether oxygens (including phenoxy) is 1. The van der Waals surface area contributed by atoms with Crippen LogP contribution in [0.5, 0.6) is 0 Å². The maximum absolute atomic E-state index is 15.0. The van der Waals surface area contributed by atoms with E-state index >= 15 is 4.79 Å². The summed E-state index contributed by atoms with van der Waals surface area (Å²) in [7, 11) is 0. The average molecular weight is 561 g/mol. The third kappa shape index (κ3) is 3.74. The van der Waals surface area contributed by atoms with Gasteiger partial charge in [-0.2, -0.15) is 5.10 Å². The summed E-state index contributed by atoms with van der Waals surface area (Å²) in [6, 6.07) is 24.1. The molecule has 3 aromatic carbocycles. The Labute approximate surface area is 244 Å². The van der Waals surface area contributed by atoms with Gasteiger partial charge in [0.15, 0.2) is 0 Å². The molecule has 0 aliphatic carbocycles. The maximum atomic E-state index is 15.0.